The molecule has 130 valence electrons. The summed E-state index contributed by atoms with van der Waals surface area (Å²) in [6, 6.07) is 19.0. The van der Waals surface area contributed by atoms with Crippen molar-refractivity contribution >= 4 is 11.7 Å². The van der Waals surface area contributed by atoms with Gasteiger partial charge in [-0.05, 0) is 43.0 Å². The highest BCUT2D eigenvalue weighted by Crippen LogP contribution is 2.45. The topological polar surface area (TPSA) is 35.6 Å². The molecule has 0 bridgehead atoms. The number of carbonyl (C=O) groups excluding carboxylic acids is 1. The van der Waals surface area contributed by atoms with Gasteiger partial charge in [-0.15, -0.1) is 0 Å². The molecule has 4 rings (SSSR count). The molecule has 4 nitrogen and oxygen atoms in total. The first kappa shape index (κ1) is 16.0. The van der Waals surface area contributed by atoms with Gasteiger partial charge in [-0.25, -0.2) is 4.79 Å². The second-order valence-electron chi connectivity index (χ2n) is 7.19. The molecular formula is C21H25N3O. The van der Waals surface area contributed by atoms with Gasteiger partial charge in [-0.1, -0.05) is 42.5 Å². The van der Waals surface area contributed by atoms with Crippen LogP contribution in [0, 0.1) is 6.92 Å². The second-order valence-corrected chi connectivity index (χ2v) is 7.19. The molecule has 25 heavy (non-hydrogen) atoms. The highest BCUT2D eigenvalue weighted by molar-refractivity contribution is 5.76. The number of amides is 2. The van der Waals surface area contributed by atoms with Crippen LogP contribution in [0.4, 0.5) is 10.5 Å². The number of nitrogens with zero attached hydrogens (tertiary/aromatic N) is 2. The van der Waals surface area contributed by atoms with Gasteiger partial charge in [-0.3, -0.25) is 0 Å². The van der Waals surface area contributed by atoms with Crippen LogP contribution in [0.3, 0.4) is 0 Å². The van der Waals surface area contributed by atoms with Crippen molar-refractivity contribution in [3.63, 3.8) is 0 Å². The standard InChI is InChI=1S/C21H25N3O/c1-17-6-5-9-19(16-17)23-12-14-24(15-13-23)20(25)22-21(10-11-21)18-7-3-2-4-8-18/h2-9,16H,10-15H2,1H3,(H,22,25). The summed E-state index contributed by atoms with van der Waals surface area (Å²) in [4.78, 5) is 17.0. The van der Waals surface area contributed by atoms with Gasteiger partial charge in [0.25, 0.3) is 0 Å². The first-order valence-electron chi connectivity index (χ1n) is 9.11. The average Bonchev–Trinajstić information content (AvgIpc) is 3.43. The lowest BCUT2D eigenvalue weighted by atomic mass is 10.1. The number of hydrogen-bond donors (Lipinski definition) is 1. The molecule has 2 fully saturated rings. The maximum Gasteiger partial charge on any atom is 0.318 e. The van der Waals surface area contributed by atoms with Crippen molar-refractivity contribution in [3.05, 3.63) is 65.7 Å². The predicted molar refractivity (Wildman–Crippen MR) is 101 cm³/mol. The second kappa shape index (κ2) is 6.43. The van der Waals surface area contributed by atoms with Gasteiger partial charge >= 0.3 is 6.03 Å². The number of piperazine rings is 1. The Hall–Kier alpha value is -2.49. The Morgan fingerprint density at radius 1 is 0.960 bits per heavy atom. The van der Waals surface area contributed by atoms with Gasteiger partial charge in [0.1, 0.15) is 0 Å². The van der Waals surface area contributed by atoms with Crippen LogP contribution in [0.2, 0.25) is 0 Å². The fraction of sp³-hybridized carbons (Fsp3) is 0.381. The zero-order valence-corrected chi connectivity index (χ0v) is 14.7. The van der Waals surface area contributed by atoms with E-state index in [4.69, 9.17) is 0 Å². The fourth-order valence-corrected chi connectivity index (χ4v) is 3.64. The molecule has 0 unspecified atom stereocenters. The summed E-state index contributed by atoms with van der Waals surface area (Å²) >= 11 is 0. The number of nitrogens with one attached hydrogen (secondary N) is 1. The van der Waals surface area contributed by atoms with Crippen molar-refractivity contribution in [1.29, 1.82) is 0 Å². The summed E-state index contributed by atoms with van der Waals surface area (Å²) in [5, 5.41) is 3.29. The molecule has 1 saturated heterocycles. The van der Waals surface area contributed by atoms with Crippen LogP contribution in [0.5, 0.6) is 0 Å². The largest absolute Gasteiger partial charge is 0.368 e. The molecule has 0 aromatic heterocycles. The third-order valence-corrected chi connectivity index (χ3v) is 5.36. The third kappa shape index (κ3) is 3.34. The smallest absolute Gasteiger partial charge is 0.318 e. The number of benzene rings is 2. The lowest BCUT2D eigenvalue weighted by Gasteiger charge is -2.37. The Bertz CT molecular complexity index is 747. The Morgan fingerprint density at radius 2 is 1.68 bits per heavy atom. The minimum Gasteiger partial charge on any atom is -0.368 e. The van der Waals surface area contributed by atoms with Crippen molar-refractivity contribution in [2.75, 3.05) is 31.1 Å². The molecule has 0 spiro atoms. The van der Waals surface area contributed by atoms with Gasteiger partial charge in [0.05, 0.1) is 5.54 Å². The van der Waals surface area contributed by atoms with Crippen LogP contribution in [0.1, 0.15) is 24.0 Å². The Labute approximate surface area is 149 Å². The molecule has 2 amide bonds. The maximum atomic E-state index is 12.7. The number of carbonyl (C=O) groups is 1. The van der Waals surface area contributed by atoms with E-state index in [-0.39, 0.29) is 11.6 Å². The van der Waals surface area contributed by atoms with Crippen LogP contribution in [0.15, 0.2) is 54.6 Å². The number of urea groups is 1. The Morgan fingerprint density at radius 3 is 2.32 bits per heavy atom. The number of rotatable bonds is 3. The summed E-state index contributed by atoms with van der Waals surface area (Å²) < 4.78 is 0. The Balaban J connectivity index is 1.36. The molecule has 1 saturated carbocycles. The van der Waals surface area contributed by atoms with Crippen LogP contribution >= 0.6 is 0 Å². The van der Waals surface area contributed by atoms with Crippen molar-refractivity contribution in [3.8, 4) is 0 Å². The van der Waals surface area contributed by atoms with E-state index < -0.39 is 0 Å². The SMILES string of the molecule is Cc1cccc(N2CCN(C(=O)NC3(c4ccccc4)CC3)CC2)c1. The molecular weight excluding hydrogens is 310 g/mol. The number of aryl methyl sites for hydroxylation is 1. The normalized spacial score (nSPS) is 18.8. The minimum absolute atomic E-state index is 0.0743. The summed E-state index contributed by atoms with van der Waals surface area (Å²) in [6.45, 7) is 5.42. The zero-order valence-electron chi connectivity index (χ0n) is 14.7. The monoisotopic (exact) mass is 335 g/mol. The van der Waals surface area contributed by atoms with Crippen LogP contribution in [0.25, 0.3) is 0 Å². The minimum atomic E-state index is -0.133. The third-order valence-electron chi connectivity index (χ3n) is 5.36. The molecule has 1 heterocycles. The van der Waals surface area contributed by atoms with E-state index in [1.165, 1.54) is 16.8 Å². The number of hydrogen-bond acceptors (Lipinski definition) is 2. The summed E-state index contributed by atoms with van der Waals surface area (Å²) in [7, 11) is 0. The summed E-state index contributed by atoms with van der Waals surface area (Å²) in [5.74, 6) is 0. The molecule has 1 aliphatic carbocycles. The van der Waals surface area contributed by atoms with E-state index in [0.29, 0.717) is 0 Å². The highest BCUT2D eigenvalue weighted by Gasteiger charge is 2.46. The molecule has 1 aliphatic heterocycles. The van der Waals surface area contributed by atoms with Crippen LogP contribution in [-0.2, 0) is 5.54 Å². The van der Waals surface area contributed by atoms with Gasteiger partial charge in [-0.2, -0.15) is 0 Å². The van der Waals surface area contributed by atoms with E-state index in [9.17, 15) is 4.79 Å². The van der Waals surface area contributed by atoms with Crippen LogP contribution < -0.4 is 10.2 Å². The van der Waals surface area contributed by atoms with Gasteiger partial charge in [0, 0.05) is 31.9 Å². The lowest BCUT2D eigenvalue weighted by Crippen LogP contribution is -2.53. The van der Waals surface area contributed by atoms with E-state index in [2.05, 4.69) is 53.5 Å². The zero-order chi connectivity index (χ0) is 17.3. The Kier molecular flexibility index (Phi) is 4.12. The van der Waals surface area contributed by atoms with Crippen molar-refractivity contribution < 1.29 is 4.79 Å². The molecule has 0 radical (unpaired) electrons. The van der Waals surface area contributed by atoms with Crippen molar-refractivity contribution in [2.45, 2.75) is 25.3 Å². The molecule has 2 aliphatic rings. The summed E-state index contributed by atoms with van der Waals surface area (Å²) in [6.07, 6.45) is 2.07. The number of anilines is 1. The average molecular weight is 335 g/mol. The maximum absolute atomic E-state index is 12.7. The van der Waals surface area contributed by atoms with Crippen molar-refractivity contribution in [1.82, 2.24) is 10.2 Å². The molecule has 0 atom stereocenters. The molecule has 1 N–H and O–H groups in total. The van der Waals surface area contributed by atoms with Crippen LogP contribution in [-0.4, -0.2) is 37.1 Å². The first-order valence-corrected chi connectivity index (χ1v) is 9.11. The van der Waals surface area contributed by atoms with Gasteiger partial charge < -0.3 is 15.1 Å². The predicted octanol–water partition coefficient (Wildman–Crippen LogP) is 3.52. The van der Waals surface area contributed by atoms with E-state index in [1.54, 1.807) is 0 Å². The fourth-order valence-electron chi connectivity index (χ4n) is 3.64. The first-order chi connectivity index (χ1) is 12.2. The molecule has 2 aromatic carbocycles. The highest BCUT2D eigenvalue weighted by atomic mass is 16.2. The van der Waals surface area contributed by atoms with Gasteiger partial charge in [0.15, 0.2) is 0 Å². The summed E-state index contributed by atoms with van der Waals surface area (Å²) in [5.41, 5.74) is 3.62. The quantitative estimate of drug-likeness (QED) is 0.931. The van der Waals surface area contributed by atoms with Gasteiger partial charge in [0.2, 0.25) is 0 Å². The van der Waals surface area contributed by atoms with E-state index >= 15 is 0 Å². The molecule has 4 heteroatoms. The lowest BCUT2D eigenvalue weighted by molar-refractivity contribution is 0.189. The van der Waals surface area contributed by atoms with E-state index in [1.807, 2.05) is 23.1 Å². The van der Waals surface area contributed by atoms with Crippen molar-refractivity contribution in [2.24, 2.45) is 0 Å². The molecule has 2 aromatic rings. The van der Waals surface area contributed by atoms with E-state index in [0.717, 1.165) is 39.0 Å².